The Morgan fingerprint density at radius 1 is 1.16 bits per heavy atom. The Morgan fingerprint density at radius 2 is 1.95 bits per heavy atom. The average Bonchev–Trinajstić information content (AvgIpc) is 2.68. The SMILES string of the molecule is S=c1[nH]c2cc(Cl)ccc2n1-c1cccc(Cl)c1Br. The minimum absolute atomic E-state index is 0.597. The van der Waals surface area contributed by atoms with Gasteiger partial charge in [0.05, 0.1) is 26.2 Å². The summed E-state index contributed by atoms with van der Waals surface area (Å²) in [5, 5.41) is 1.31. The molecular weight excluding hydrogens is 367 g/mol. The highest BCUT2D eigenvalue weighted by Gasteiger charge is 2.11. The van der Waals surface area contributed by atoms with Gasteiger partial charge in [-0.15, -0.1) is 0 Å². The van der Waals surface area contributed by atoms with Crippen molar-refractivity contribution in [3.8, 4) is 5.69 Å². The summed E-state index contributed by atoms with van der Waals surface area (Å²) in [5.41, 5.74) is 2.74. The summed E-state index contributed by atoms with van der Waals surface area (Å²) in [6, 6.07) is 11.3. The predicted molar refractivity (Wildman–Crippen MR) is 86.2 cm³/mol. The fourth-order valence-corrected chi connectivity index (χ4v) is 3.08. The Bertz CT molecular complexity index is 838. The second kappa shape index (κ2) is 4.94. The molecule has 3 rings (SSSR count). The fourth-order valence-electron chi connectivity index (χ4n) is 1.99. The number of aromatic amines is 1. The number of benzene rings is 2. The van der Waals surface area contributed by atoms with Gasteiger partial charge in [-0.05, 0) is 58.5 Å². The van der Waals surface area contributed by atoms with Gasteiger partial charge in [0.25, 0.3) is 0 Å². The summed E-state index contributed by atoms with van der Waals surface area (Å²) >= 11 is 21.0. The van der Waals surface area contributed by atoms with Crippen LogP contribution in [0.3, 0.4) is 0 Å². The average molecular weight is 374 g/mol. The van der Waals surface area contributed by atoms with E-state index in [1.165, 1.54) is 0 Å². The first-order chi connectivity index (χ1) is 9.08. The molecule has 0 amide bonds. The number of fused-ring (bicyclic) bond motifs is 1. The third-order valence-corrected chi connectivity index (χ3v) is 4.71. The van der Waals surface area contributed by atoms with Gasteiger partial charge in [0, 0.05) is 5.02 Å². The van der Waals surface area contributed by atoms with Crippen LogP contribution in [-0.4, -0.2) is 9.55 Å². The molecule has 0 atom stereocenters. The number of imidazole rings is 1. The standard InChI is InChI=1S/C13H7BrCl2N2S/c14-12-8(16)2-1-3-11(12)18-10-5-4-7(15)6-9(10)17-13(18)19/h1-6H,(H,17,19). The minimum atomic E-state index is 0.597. The van der Waals surface area contributed by atoms with E-state index in [9.17, 15) is 0 Å². The highest BCUT2D eigenvalue weighted by atomic mass is 79.9. The van der Waals surface area contributed by atoms with Crippen LogP contribution >= 0.6 is 51.3 Å². The molecule has 0 saturated carbocycles. The molecule has 0 spiro atoms. The molecule has 1 aromatic heterocycles. The number of nitrogens with zero attached hydrogens (tertiary/aromatic N) is 1. The van der Waals surface area contributed by atoms with Crippen molar-refractivity contribution in [1.82, 2.24) is 9.55 Å². The molecule has 0 aliphatic rings. The Hall–Kier alpha value is -0.810. The largest absolute Gasteiger partial charge is 0.330 e. The van der Waals surface area contributed by atoms with Gasteiger partial charge in [0.15, 0.2) is 4.77 Å². The number of halogens is 3. The minimum Gasteiger partial charge on any atom is -0.330 e. The van der Waals surface area contributed by atoms with Gasteiger partial charge in [0.2, 0.25) is 0 Å². The molecule has 0 saturated heterocycles. The first kappa shape index (κ1) is 13.2. The molecule has 0 fully saturated rings. The van der Waals surface area contributed by atoms with Gasteiger partial charge < -0.3 is 4.98 Å². The van der Waals surface area contributed by atoms with Gasteiger partial charge in [0.1, 0.15) is 0 Å². The van der Waals surface area contributed by atoms with Crippen LogP contribution in [-0.2, 0) is 0 Å². The molecule has 0 bridgehead atoms. The van der Waals surface area contributed by atoms with Crippen molar-refractivity contribution < 1.29 is 0 Å². The summed E-state index contributed by atoms with van der Waals surface area (Å²) in [6.07, 6.45) is 0. The molecular formula is C13H7BrCl2N2S. The van der Waals surface area contributed by atoms with Gasteiger partial charge in [-0.1, -0.05) is 29.3 Å². The van der Waals surface area contributed by atoms with E-state index in [-0.39, 0.29) is 0 Å². The molecule has 0 aliphatic heterocycles. The van der Waals surface area contributed by atoms with E-state index in [0.717, 1.165) is 21.2 Å². The monoisotopic (exact) mass is 372 g/mol. The lowest BCUT2D eigenvalue weighted by molar-refractivity contribution is 1.06. The molecule has 1 heterocycles. The zero-order valence-electron chi connectivity index (χ0n) is 9.45. The van der Waals surface area contributed by atoms with Crippen LogP contribution in [0.25, 0.3) is 16.7 Å². The van der Waals surface area contributed by atoms with Crippen molar-refractivity contribution in [3.05, 3.63) is 55.7 Å². The molecule has 96 valence electrons. The number of nitrogens with one attached hydrogen (secondary N) is 1. The van der Waals surface area contributed by atoms with E-state index >= 15 is 0 Å². The Morgan fingerprint density at radius 3 is 2.74 bits per heavy atom. The van der Waals surface area contributed by atoms with Crippen LogP contribution in [0, 0.1) is 4.77 Å². The lowest BCUT2D eigenvalue weighted by atomic mass is 10.3. The van der Waals surface area contributed by atoms with E-state index in [1.807, 2.05) is 41.0 Å². The smallest absolute Gasteiger partial charge is 0.182 e. The maximum Gasteiger partial charge on any atom is 0.182 e. The molecule has 2 nitrogen and oxygen atoms in total. The van der Waals surface area contributed by atoms with Gasteiger partial charge in [-0.3, -0.25) is 4.57 Å². The number of hydrogen-bond acceptors (Lipinski definition) is 1. The third-order valence-electron chi connectivity index (χ3n) is 2.82. The van der Waals surface area contributed by atoms with Crippen LogP contribution in [0.4, 0.5) is 0 Å². The van der Waals surface area contributed by atoms with Crippen LogP contribution < -0.4 is 0 Å². The normalized spacial score (nSPS) is 11.1. The zero-order chi connectivity index (χ0) is 13.6. The van der Waals surface area contributed by atoms with Gasteiger partial charge in [-0.2, -0.15) is 0 Å². The van der Waals surface area contributed by atoms with Crippen LogP contribution in [0.15, 0.2) is 40.9 Å². The third kappa shape index (κ3) is 2.23. The molecule has 1 N–H and O–H groups in total. The number of aromatic nitrogens is 2. The summed E-state index contributed by atoms with van der Waals surface area (Å²) in [6.45, 7) is 0. The first-order valence-electron chi connectivity index (χ1n) is 5.42. The Balaban J connectivity index is 2.40. The summed E-state index contributed by atoms with van der Waals surface area (Å²) in [5.74, 6) is 0. The molecule has 0 radical (unpaired) electrons. The molecule has 0 unspecified atom stereocenters. The van der Waals surface area contributed by atoms with E-state index < -0.39 is 0 Å². The second-order valence-corrected chi connectivity index (χ2v) is 6.02. The molecule has 19 heavy (non-hydrogen) atoms. The summed E-state index contributed by atoms with van der Waals surface area (Å²) < 4.78 is 3.33. The second-order valence-electron chi connectivity index (χ2n) is 4.00. The van der Waals surface area contributed by atoms with Crippen LogP contribution in [0.2, 0.25) is 10.0 Å². The van der Waals surface area contributed by atoms with Crippen LogP contribution in [0.5, 0.6) is 0 Å². The Kier molecular flexibility index (Phi) is 3.43. The van der Waals surface area contributed by atoms with E-state index in [4.69, 9.17) is 35.4 Å². The highest BCUT2D eigenvalue weighted by molar-refractivity contribution is 9.10. The van der Waals surface area contributed by atoms with Crippen molar-refractivity contribution in [2.24, 2.45) is 0 Å². The van der Waals surface area contributed by atoms with Crippen molar-refractivity contribution in [2.75, 3.05) is 0 Å². The number of hydrogen-bond donors (Lipinski definition) is 1. The zero-order valence-corrected chi connectivity index (χ0v) is 13.4. The van der Waals surface area contributed by atoms with E-state index in [2.05, 4.69) is 20.9 Å². The van der Waals surface area contributed by atoms with Gasteiger partial charge in [-0.25, -0.2) is 0 Å². The summed E-state index contributed by atoms with van der Waals surface area (Å²) in [4.78, 5) is 3.14. The molecule has 0 aliphatic carbocycles. The van der Waals surface area contributed by atoms with Gasteiger partial charge >= 0.3 is 0 Å². The number of H-pyrrole nitrogens is 1. The maximum absolute atomic E-state index is 6.13. The van der Waals surface area contributed by atoms with Crippen molar-refractivity contribution in [1.29, 1.82) is 0 Å². The quantitative estimate of drug-likeness (QED) is 0.538. The molecule has 6 heteroatoms. The Labute approximate surface area is 133 Å². The van der Waals surface area contributed by atoms with Crippen LogP contribution in [0.1, 0.15) is 0 Å². The lowest BCUT2D eigenvalue weighted by Gasteiger charge is -2.08. The topological polar surface area (TPSA) is 20.7 Å². The summed E-state index contributed by atoms with van der Waals surface area (Å²) in [7, 11) is 0. The lowest BCUT2D eigenvalue weighted by Crippen LogP contribution is -1.95. The maximum atomic E-state index is 6.13. The van der Waals surface area contributed by atoms with E-state index in [0.29, 0.717) is 14.8 Å². The molecule has 2 aromatic carbocycles. The first-order valence-corrected chi connectivity index (χ1v) is 7.38. The van der Waals surface area contributed by atoms with Crippen molar-refractivity contribution >= 4 is 62.4 Å². The predicted octanol–water partition coefficient (Wildman–Crippen LogP) is 5.76. The highest BCUT2D eigenvalue weighted by Crippen LogP contribution is 2.31. The number of rotatable bonds is 1. The van der Waals surface area contributed by atoms with E-state index in [1.54, 1.807) is 0 Å². The fraction of sp³-hybridized carbons (Fsp3) is 0. The van der Waals surface area contributed by atoms with Crippen molar-refractivity contribution in [3.63, 3.8) is 0 Å². The molecule has 3 aromatic rings. The van der Waals surface area contributed by atoms with Crippen molar-refractivity contribution in [2.45, 2.75) is 0 Å².